The lowest BCUT2D eigenvalue weighted by Crippen LogP contribution is -2.42. The number of hydrogen-bond donors (Lipinski definition) is 1. The molecule has 0 aliphatic heterocycles. The van der Waals surface area contributed by atoms with Crippen LogP contribution >= 0.6 is 0 Å². The van der Waals surface area contributed by atoms with Gasteiger partial charge in [-0.1, -0.05) is 32.8 Å². The predicted molar refractivity (Wildman–Crippen MR) is 71.8 cm³/mol. The normalized spacial score (nSPS) is 27.8. The first-order valence-electron chi connectivity index (χ1n) is 7.05. The van der Waals surface area contributed by atoms with Gasteiger partial charge in [0, 0.05) is 0 Å². The smallest absolute Gasteiger partial charge is 0.135 e. The lowest BCUT2D eigenvalue weighted by atomic mass is 9.66. The predicted octanol–water partition coefficient (Wildman–Crippen LogP) is 4.31. The molecule has 106 valence electrons. The maximum Gasteiger partial charge on any atom is 0.135 e. The van der Waals surface area contributed by atoms with E-state index in [0.29, 0.717) is 12.0 Å². The van der Waals surface area contributed by atoms with Crippen LogP contribution in [0.5, 0.6) is 0 Å². The minimum absolute atomic E-state index is 0.0907. The Hall–Kier alpha value is -0.960. The molecule has 1 nitrogen and oxygen atoms in total. The summed E-state index contributed by atoms with van der Waals surface area (Å²) in [7, 11) is 0. The van der Waals surface area contributed by atoms with Gasteiger partial charge in [0.15, 0.2) is 0 Å². The van der Waals surface area contributed by atoms with E-state index in [4.69, 9.17) is 0 Å². The van der Waals surface area contributed by atoms with E-state index in [0.717, 1.165) is 19.3 Å². The van der Waals surface area contributed by atoms with Crippen LogP contribution in [0.15, 0.2) is 12.1 Å². The van der Waals surface area contributed by atoms with E-state index < -0.39 is 17.2 Å². The van der Waals surface area contributed by atoms with E-state index in [1.165, 1.54) is 12.1 Å². The molecule has 0 heterocycles. The second-order valence-electron chi connectivity index (χ2n) is 6.07. The first-order valence-corrected chi connectivity index (χ1v) is 7.05. The molecule has 1 N–H and O–H groups in total. The van der Waals surface area contributed by atoms with Crippen LogP contribution in [0, 0.1) is 30.4 Å². The highest BCUT2D eigenvalue weighted by Crippen LogP contribution is 2.47. The van der Waals surface area contributed by atoms with Crippen molar-refractivity contribution in [3.8, 4) is 0 Å². The van der Waals surface area contributed by atoms with Crippen molar-refractivity contribution < 1.29 is 13.9 Å². The van der Waals surface area contributed by atoms with Crippen LogP contribution in [0.4, 0.5) is 8.78 Å². The molecule has 19 heavy (non-hydrogen) atoms. The van der Waals surface area contributed by atoms with Crippen molar-refractivity contribution in [1.29, 1.82) is 0 Å². The topological polar surface area (TPSA) is 20.2 Å². The average molecular weight is 268 g/mol. The highest BCUT2D eigenvalue weighted by Gasteiger charge is 2.45. The molecule has 2 rings (SSSR count). The van der Waals surface area contributed by atoms with Crippen molar-refractivity contribution in [2.45, 2.75) is 52.1 Å². The van der Waals surface area contributed by atoms with Gasteiger partial charge in [-0.25, -0.2) is 8.78 Å². The van der Waals surface area contributed by atoms with Crippen molar-refractivity contribution in [1.82, 2.24) is 0 Å². The molecule has 1 fully saturated rings. The summed E-state index contributed by atoms with van der Waals surface area (Å²) in [6.07, 6.45) is 3.08. The standard InChI is InChI=1S/C16H22F2O/c1-10(2)12-6-4-5-9-16(12,19)14-13(17)8-7-11(3)15(14)18/h7-8,10,12,19H,4-6,9H2,1-3H3. The van der Waals surface area contributed by atoms with E-state index in [-0.39, 0.29) is 17.4 Å². The molecule has 1 aliphatic rings. The number of aryl methyl sites for hydroxylation is 1. The Balaban J connectivity index is 2.56. The van der Waals surface area contributed by atoms with Gasteiger partial charge in [0.1, 0.15) is 11.6 Å². The summed E-state index contributed by atoms with van der Waals surface area (Å²) in [5.74, 6) is -1.11. The molecule has 3 heteroatoms. The van der Waals surface area contributed by atoms with Gasteiger partial charge >= 0.3 is 0 Å². The van der Waals surface area contributed by atoms with E-state index in [2.05, 4.69) is 0 Å². The Morgan fingerprint density at radius 3 is 2.58 bits per heavy atom. The van der Waals surface area contributed by atoms with Crippen LogP contribution < -0.4 is 0 Å². The average Bonchev–Trinajstić information content (AvgIpc) is 2.34. The molecule has 2 unspecified atom stereocenters. The first kappa shape index (κ1) is 14.4. The zero-order valence-corrected chi connectivity index (χ0v) is 11.8. The molecule has 1 aromatic carbocycles. The lowest BCUT2D eigenvalue weighted by Gasteiger charge is -2.43. The van der Waals surface area contributed by atoms with E-state index in [1.807, 2.05) is 13.8 Å². The monoisotopic (exact) mass is 268 g/mol. The molecular formula is C16H22F2O. The summed E-state index contributed by atoms with van der Waals surface area (Å²) in [5.41, 5.74) is -1.10. The third-order valence-corrected chi connectivity index (χ3v) is 4.46. The Kier molecular flexibility index (Phi) is 3.95. The first-order chi connectivity index (χ1) is 8.88. The summed E-state index contributed by atoms with van der Waals surface area (Å²) in [6, 6.07) is 2.68. The number of aliphatic hydroxyl groups is 1. The van der Waals surface area contributed by atoms with Crippen LogP contribution in [0.25, 0.3) is 0 Å². The van der Waals surface area contributed by atoms with Crippen LogP contribution in [-0.4, -0.2) is 5.11 Å². The Bertz CT molecular complexity index is 470. The Morgan fingerprint density at radius 1 is 1.26 bits per heavy atom. The largest absolute Gasteiger partial charge is 0.385 e. The molecular weight excluding hydrogens is 246 g/mol. The maximum absolute atomic E-state index is 14.3. The van der Waals surface area contributed by atoms with Crippen molar-refractivity contribution in [2.24, 2.45) is 11.8 Å². The summed E-state index contributed by atoms with van der Waals surface area (Å²) >= 11 is 0. The fraction of sp³-hybridized carbons (Fsp3) is 0.625. The summed E-state index contributed by atoms with van der Waals surface area (Å²) in [6.45, 7) is 5.62. The highest BCUT2D eigenvalue weighted by atomic mass is 19.1. The Morgan fingerprint density at radius 2 is 1.95 bits per heavy atom. The van der Waals surface area contributed by atoms with Crippen molar-refractivity contribution >= 4 is 0 Å². The fourth-order valence-electron chi connectivity index (χ4n) is 3.43. The molecule has 0 bridgehead atoms. The summed E-state index contributed by atoms with van der Waals surface area (Å²) in [4.78, 5) is 0. The molecule has 1 aromatic rings. The zero-order valence-electron chi connectivity index (χ0n) is 11.8. The molecule has 0 amide bonds. The van der Waals surface area contributed by atoms with E-state index in [9.17, 15) is 13.9 Å². The second kappa shape index (κ2) is 5.20. The highest BCUT2D eigenvalue weighted by molar-refractivity contribution is 5.32. The fourth-order valence-corrected chi connectivity index (χ4v) is 3.43. The van der Waals surface area contributed by atoms with Crippen LogP contribution in [-0.2, 0) is 5.60 Å². The van der Waals surface area contributed by atoms with Gasteiger partial charge in [-0.3, -0.25) is 0 Å². The molecule has 0 aromatic heterocycles. The Labute approximate surface area is 113 Å². The number of halogens is 2. The zero-order chi connectivity index (χ0) is 14.2. The van der Waals surface area contributed by atoms with Crippen molar-refractivity contribution in [2.75, 3.05) is 0 Å². The number of benzene rings is 1. The van der Waals surface area contributed by atoms with Crippen molar-refractivity contribution in [3.05, 3.63) is 34.9 Å². The van der Waals surface area contributed by atoms with Gasteiger partial charge in [0.25, 0.3) is 0 Å². The minimum Gasteiger partial charge on any atom is -0.385 e. The molecule has 1 saturated carbocycles. The summed E-state index contributed by atoms with van der Waals surface area (Å²) in [5, 5.41) is 11.0. The van der Waals surface area contributed by atoms with Gasteiger partial charge in [-0.15, -0.1) is 0 Å². The van der Waals surface area contributed by atoms with Crippen molar-refractivity contribution in [3.63, 3.8) is 0 Å². The SMILES string of the molecule is Cc1ccc(F)c(C2(O)CCCCC2C(C)C)c1F. The van der Waals surface area contributed by atoms with Crippen LogP contribution in [0.1, 0.15) is 50.7 Å². The third kappa shape index (κ3) is 2.40. The summed E-state index contributed by atoms with van der Waals surface area (Å²) < 4.78 is 28.4. The molecule has 2 atom stereocenters. The minimum atomic E-state index is -1.37. The number of hydrogen-bond acceptors (Lipinski definition) is 1. The van der Waals surface area contributed by atoms with E-state index >= 15 is 0 Å². The van der Waals surface area contributed by atoms with Crippen LogP contribution in [0.2, 0.25) is 0 Å². The second-order valence-corrected chi connectivity index (χ2v) is 6.07. The van der Waals surface area contributed by atoms with Gasteiger partial charge in [0.05, 0.1) is 11.2 Å². The lowest BCUT2D eigenvalue weighted by molar-refractivity contribution is -0.0770. The molecule has 0 spiro atoms. The van der Waals surface area contributed by atoms with Gasteiger partial charge < -0.3 is 5.11 Å². The van der Waals surface area contributed by atoms with E-state index in [1.54, 1.807) is 6.92 Å². The molecule has 1 aliphatic carbocycles. The van der Waals surface area contributed by atoms with Gasteiger partial charge in [0.2, 0.25) is 0 Å². The molecule has 0 saturated heterocycles. The quantitative estimate of drug-likeness (QED) is 0.847. The number of rotatable bonds is 2. The maximum atomic E-state index is 14.3. The van der Waals surface area contributed by atoms with Gasteiger partial charge in [-0.05, 0) is 43.2 Å². The molecule has 0 radical (unpaired) electrons. The van der Waals surface area contributed by atoms with Gasteiger partial charge in [-0.2, -0.15) is 0 Å². The van der Waals surface area contributed by atoms with Crippen LogP contribution in [0.3, 0.4) is 0 Å². The third-order valence-electron chi connectivity index (χ3n) is 4.46.